The highest BCUT2D eigenvalue weighted by Crippen LogP contribution is 2.30. The van der Waals surface area contributed by atoms with Crippen LogP contribution in [-0.2, 0) is 0 Å². The van der Waals surface area contributed by atoms with Crippen molar-refractivity contribution in [2.75, 3.05) is 6.61 Å². The molecule has 80 valence electrons. The zero-order valence-corrected chi connectivity index (χ0v) is 8.60. The van der Waals surface area contributed by atoms with Crippen molar-refractivity contribution in [3.8, 4) is 5.75 Å². The van der Waals surface area contributed by atoms with Gasteiger partial charge in [0.15, 0.2) is 0 Å². The third-order valence-electron chi connectivity index (χ3n) is 2.43. The Hall–Kier alpha value is -1.58. The van der Waals surface area contributed by atoms with E-state index in [4.69, 9.17) is 4.74 Å². The molecule has 0 amide bonds. The summed E-state index contributed by atoms with van der Waals surface area (Å²) in [6.45, 7) is 2.51. The fourth-order valence-electron chi connectivity index (χ4n) is 1.42. The van der Waals surface area contributed by atoms with Crippen LogP contribution in [0, 0.1) is 23.0 Å². The summed E-state index contributed by atoms with van der Waals surface area (Å²) in [5, 5.41) is 10.6. The maximum absolute atomic E-state index is 10.6. The molecule has 0 unspecified atom stereocenters. The van der Waals surface area contributed by atoms with Gasteiger partial charge in [-0.3, -0.25) is 10.1 Å². The summed E-state index contributed by atoms with van der Waals surface area (Å²) < 4.78 is 5.50. The normalized spacial score (nSPS) is 15.0. The standard InChI is InChI=1S/C11H13NO3/c1-8-4-10(12(13)14)6-11(5-8)15-7-9-2-3-9/h4-6,9H,2-3,7H2,1H3. The van der Waals surface area contributed by atoms with Crippen molar-refractivity contribution in [2.24, 2.45) is 5.92 Å². The lowest BCUT2D eigenvalue weighted by molar-refractivity contribution is -0.385. The monoisotopic (exact) mass is 207 g/mol. The highest BCUT2D eigenvalue weighted by Gasteiger charge is 2.22. The van der Waals surface area contributed by atoms with Gasteiger partial charge in [-0.2, -0.15) is 0 Å². The quantitative estimate of drug-likeness (QED) is 0.563. The topological polar surface area (TPSA) is 52.4 Å². The van der Waals surface area contributed by atoms with E-state index in [9.17, 15) is 10.1 Å². The molecule has 0 N–H and O–H groups in total. The molecule has 1 aliphatic carbocycles. The number of benzene rings is 1. The molecule has 0 saturated heterocycles. The van der Waals surface area contributed by atoms with Crippen LogP contribution in [0.5, 0.6) is 5.75 Å². The predicted molar refractivity (Wildman–Crippen MR) is 56.1 cm³/mol. The second kappa shape index (κ2) is 3.88. The summed E-state index contributed by atoms with van der Waals surface area (Å²) in [5.74, 6) is 1.26. The second-order valence-corrected chi connectivity index (χ2v) is 4.02. The first-order valence-electron chi connectivity index (χ1n) is 5.04. The zero-order valence-electron chi connectivity index (χ0n) is 8.60. The summed E-state index contributed by atoms with van der Waals surface area (Å²) in [6, 6.07) is 4.86. The van der Waals surface area contributed by atoms with Crippen LogP contribution in [0.25, 0.3) is 0 Å². The molecule has 1 aliphatic rings. The summed E-state index contributed by atoms with van der Waals surface area (Å²) in [4.78, 5) is 10.2. The molecule has 0 bridgehead atoms. The predicted octanol–water partition coefficient (Wildman–Crippen LogP) is 2.69. The van der Waals surface area contributed by atoms with E-state index in [1.54, 1.807) is 6.07 Å². The van der Waals surface area contributed by atoms with Gasteiger partial charge in [-0.15, -0.1) is 0 Å². The first kappa shape index (κ1) is 9.96. The van der Waals surface area contributed by atoms with E-state index in [1.165, 1.54) is 18.9 Å². The Morgan fingerprint density at radius 3 is 2.80 bits per heavy atom. The van der Waals surface area contributed by atoms with E-state index in [2.05, 4.69) is 0 Å². The molecule has 2 rings (SSSR count). The summed E-state index contributed by atoms with van der Waals surface area (Å²) in [5.41, 5.74) is 0.954. The van der Waals surface area contributed by atoms with E-state index >= 15 is 0 Å². The van der Waals surface area contributed by atoms with Crippen LogP contribution in [0.15, 0.2) is 18.2 Å². The smallest absolute Gasteiger partial charge is 0.273 e. The Bertz CT molecular complexity index is 385. The van der Waals surface area contributed by atoms with Crippen molar-refractivity contribution in [3.63, 3.8) is 0 Å². The van der Waals surface area contributed by atoms with Gasteiger partial charge >= 0.3 is 0 Å². The van der Waals surface area contributed by atoms with Crippen LogP contribution in [0.4, 0.5) is 5.69 Å². The largest absolute Gasteiger partial charge is 0.493 e. The Morgan fingerprint density at radius 2 is 2.20 bits per heavy atom. The van der Waals surface area contributed by atoms with Crippen LogP contribution < -0.4 is 4.74 Å². The molecular weight excluding hydrogens is 194 g/mol. The Kier molecular flexibility index (Phi) is 2.58. The number of aryl methyl sites for hydroxylation is 1. The van der Waals surface area contributed by atoms with Gasteiger partial charge in [0.2, 0.25) is 0 Å². The van der Waals surface area contributed by atoms with Crippen LogP contribution in [-0.4, -0.2) is 11.5 Å². The first-order chi connectivity index (χ1) is 7.15. The van der Waals surface area contributed by atoms with Crippen LogP contribution in [0.3, 0.4) is 0 Å². The Morgan fingerprint density at radius 1 is 1.47 bits per heavy atom. The Balaban J connectivity index is 2.10. The average Bonchev–Trinajstić information content (AvgIpc) is 2.97. The van der Waals surface area contributed by atoms with Crippen molar-refractivity contribution in [3.05, 3.63) is 33.9 Å². The van der Waals surface area contributed by atoms with Gasteiger partial charge in [0, 0.05) is 6.07 Å². The summed E-state index contributed by atoms with van der Waals surface area (Å²) >= 11 is 0. The number of hydrogen-bond acceptors (Lipinski definition) is 3. The molecule has 15 heavy (non-hydrogen) atoms. The van der Waals surface area contributed by atoms with Gasteiger partial charge in [-0.1, -0.05) is 0 Å². The van der Waals surface area contributed by atoms with Crippen molar-refractivity contribution in [2.45, 2.75) is 19.8 Å². The third kappa shape index (κ3) is 2.68. The lowest BCUT2D eigenvalue weighted by atomic mass is 10.2. The second-order valence-electron chi connectivity index (χ2n) is 4.02. The van der Waals surface area contributed by atoms with E-state index in [-0.39, 0.29) is 5.69 Å². The van der Waals surface area contributed by atoms with E-state index in [0.717, 1.165) is 5.56 Å². The van der Waals surface area contributed by atoms with Crippen molar-refractivity contribution < 1.29 is 9.66 Å². The minimum atomic E-state index is -0.392. The molecule has 0 radical (unpaired) electrons. The third-order valence-corrected chi connectivity index (χ3v) is 2.43. The molecule has 0 spiro atoms. The van der Waals surface area contributed by atoms with Gasteiger partial charge in [0.25, 0.3) is 5.69 Å². The van der Waals surface area contributed by atoms with Crippen molar-refractivity contribution in [1.82, 2.24) is 0 Å². The highest BCUT2D eigenvalue weighted by molar-refractivity contribution is 5.42. The Labute approximate surface area is 88.0 Å². The van der Waals surface area contributed by atoms with Crippen LogP contribution in [0.1, 0.15) is 18.4 Å². The fourth-order valence-corrected chi connectivity index (χ4v) is 1.42. The number of rotatable bonds is 4. The molecule has 4 nitrogen and oxygen atoms in total. The molecule has 1 fully saturated rings. The number of non-ortho nitro benzene ring substituents is 1. The molecule has 1 aromatic rings. The molecule has 1 aromatic carbocycles. The fraction of sp³-hybridized carbons (Fsp3) is 0.455. The van der Waals surface area contributed by atoms with E-state index < -0.39 is 4.92 Å². The van der Waals surface area contributed by atoms with Gasteiger partial charge in [-0.05, 0) is 37.3 Å². The lowest BCUT2D eigenvalue weighted by Gasteiger charge is -2.05. The molecular formula is C11H13NO3. The summed E-state index contributed by atoms with van der Waals surface area (Å²) in [6.07, 6.45) is 2.43. The maximum atomic E-state index is 10.6. The molecule has 4 heteroatoms. The lowest BCUT2D eigenvalue weighted by Crippen LogP contribution is -2.00. The van der Waals surface area contributed by atoms with E-state index in [0.29, 0.717) is 18.3 Å². The van der Waals surface area contributed by atoms with Gasteiger partial charge in [-0.25, -0.2) is 0 Å². The number of nitro groups is 1. The van der Waals surface area contributed by atoms with Gasteiger partial charge < -0.3 is 4.74 Å². The van der Waals surface area contributed by atoms with Crippen molar-refractivity contribution >= 4 is 5.69 Å². The highest BCUT2D eigenvalue weighted by atomic mass is 16.6. The molecule has 1 saturated carbocycles. The maximum Gasteiger partial charge on any atom is 0.273 e. The minimum absolute atomic E-state index is 0.0980. The SMILES string of the molecule is Cc1cc(OCC2CC2)cc([N+](=O)[O-])c1. The number of nitrogens with zero attached hydrogens (tertiary/aromatic N) is 1. The van der Waals surface area contributed by atoms with Crippen LogP contribution >= 0.6 is 0 Å². The minimum Gasteiger partial charge on any atom is -0.493 e. The first-order valence-corrected chi connectivity index (χ1v) is 5.04. The van der Waals surface area contributed by atoms with Gasteiger partial charge in [0.05, 0.1) is 17.6 Å². The molecule has 0 heterocycles. The van der Waals surface area contributed by atoms with E-state index in [1.807, 2.05) is 13.0 Å². The number of nitro benzene ring substituents is 1. The van der Waals surface area contributed by atoms with Crippen molar-refractivity contribution in [1.29, 1.82) is 0 Å². The molecule has 0 atom stereocenters. The summed E-state index contributed by atoms with van der Waals surface area (Å²) in [7, 11) is 0. The number of hydrogen-bond donors (Lipinski definition) is 0. The van der Waals surface area contributed by atoms with Gasteiger partial charge in [0.1, 0.15) is 5.75 Å². The zero-order chi connectivity index (χ0) is 10.8. The molecule has 0 aromatic heterocycles. The average molecular weight is 207 g/mol. The van der Waals surface area contributed by atoms with Crippen LogP contribution in [0.2, 0.25) is 0 Å². The molecule has 0 aliphatic heterocycles. The number of ether oxygens (including phenoxy) is 1.